The number of hydrogen-bond donors (Lipinski definition) is 1. The summed E-state index contributed by atoms with van der Waals surface area (Å²) in [5.74, 6) is 0.494. The molecule has 0 aromatic carbocycles. The van der Waals surface area contributed by atoms with E-state index in [0.717, 1.165) is 6.20 Å². The number of anilines is 1. The molecule has 0 radical (unpaired) electrons. The molecule has 0 bridgehead atoms. The first-order valence-corrected chi connectivity index (χ1v) is 12.3. The summed E-state index contributed by atoms with van der Waals surface area (Å²) in [5.41, 5.74) is -2.91. The fourth-order valence-corrected chi connectivity index (χ4v) is 4.55. The SMILES string of the molecule is COC[C@@H](COCCC(=O)N1CCN2c3ncc(Cl)cc3OCC[C@H]2C1)Oc1cn[nH]c(=O)c1C(F)(F)F. The molecule has 1 N–H and O–H groups in total. The molecular weight excluding hydrogens is 535 g/mol. The van der Waals surface area contributed by atoms with Gasteiger partial charge in [-0.3, -0.25) is 9.59 Å². The first-order chi connectivity index (χ1) is 18.2. The molecule has 1 amide bonds. The zero-order valence-corrected chi connectivity index (χ0v) is 21.3. The maximum Gasteiger partial charge on any atom is 0.425 e. The summed E-state index contributed by atoms with van der Waals surface area (Å²) in [6.45, 7) is 1.80. The fourth-order valence-electron chi connectivity index (χ4n) is 4.40. The topological polar surface area (TPSA) is 119 Å². The van der Waals surface area contributed by atoms with E-state index in [1.807, 2.05) is 0 Å². The minimum atomic E-state index is -4.94. The van der Waals surface area contributed by atoms with Crippen LogP contribution in [0.1, 0.15) is 18.4 Å². The summed E-state index contributed by atoms with van der Waals surface area (Å²) in [4.78, 5) is 32.8. The number of H-pyrrole nitrogens is 1. The van der Waals surface area contributed by atoms with Crippen molar-refractivity contribution in [2.45, 2.75) is 31.2 Å². The minimum Gasteiger partial charge on any atom is -0.490 e. The third-order valence-electron chi connectivity index (χ3n) is 6.13. The van der Waals surface area contributed by atoms with Gasteiger partial charge in [-0.1, -0.05) is 11.6 Å². The number of carbonyl (C=O) groups is 1. The summed E-state index contributed by atoms with van der Waals surface area (Å²) < 4.78 is 61.5. The van der Waals surface area contributed by atoms with Crippen LogP contribution in [-0.2, 0) is 20.4 Å². The Hall–Kier alpha value is -3.10. The third-order valence-corrected chi connectivity index (χ3v) is 6.34. The number of amides is 1. The van der Waals surface area contributed by atoms with Crippen LogP contribution in [0, 0.1) is 0 Å². The summed E-state index contributed by atoms with van der Waals surface area (Å²) in [5, 5.41) is 5.62. The predicted octanol–water partition coefficient (Wildman–Crippen LogP) is 2.14. The van der Waals surface area contributed by atoms with Crippen LogP contribution >= 0.6 is 11.6 Å². The quantitative estimate of drug-likeness (QED) is 0.459. The molecule has 1 saturated heterocycles. The number of fused-ring (bicyclic) bond motifs is 3. The van der Waals surface area contributed by atoms with Crippen LogP contribution in [0.2, 0.25) is 5.02 Å². The number of alkyl halides is 3. The molecule has 2 aromatic heterocycles. The summed E-state index contributed by atoms with van der Waals surface area (Å²) in [6.07, 6.45) is -2.77. The number of pyridine rings is 1. The molecular formula is C23H27ClF3N5O6. The molecule has 2 aliphatic heterocycles. The van der Waals surface area contributed by atoms with Crippen LogP contribution in [0.25, 0.3) is 0 Å². The number of halogens is 4. The van der Waals surface area contributed by atoms with Crippen LogP contribution in [0.4, 0.5) is 19.0 Å². The molecule has 0 unspecified atom stereocenters. The lowest BCUT2D eigenvalue weighted by atomic mass is 10.1. The standard InChI is InChI=1S/C23H27ClF3N5O6/c1-35-12-16(38-18-10-29-30-22(34)20(18)23(25,26)27)13-36-6-3-19(33)31-4-5-32-15(11-31)2-7-37-17-8-14(24)9-28-21(17)32/h8-10,15-16H,2-7,11-13H2,1H3,(H,30,34)/t15-,16-/m0/s1. The molecule has 0 spiro atoms. The van der Waals surface area contributed by atoms with Crippen molar-refractivity contribution >= 4 is 23.3 Å². The molecule has 4 rings (SSSR count). The molecule has 0 saturated carbocycles. The van der Waals surface area contributed by atoms with Gasteiger partial charge >= 0.3 is 6.18 Å². The highest BCUT2D eigenvalue weighted by atomic mass is 35.5. The summed E-state index contributed by atoms with van der Waals surface area (Å²) in [6, 6.07) is 1.77. The van der Waals surface area contributed by atoms with E-state index in [-0.39, 0.29) is 38.2 Å². The molecule has 2 atom stereocenters. The van der Waals surface area contributed by atoms with Gasteiger partial charge in [-0.15, -0.1) is 0 Å². The van der Waals surface area contributed by atoms with Crippen molar-refractivity contribution < 1.29 is 36.9 Å². The van der Waals surface area contributed by atoms with Gasteiger partial charge in [0, 0.05) is 45.4 Å². The Morgan fingerprint density at radius 3 is 2.89 bits per heavy atom. The number of aromatic amines is 1. The van der Waals surface area contributed by atoms with Gasteiger partial charge in [-0.25, -0.2) is 10.1 Å². The largest absolute Gasteiger partial charge is 0.490 e. The second kappa shape index (κ2) is 12.2. The van der Waals surface area contributed by atoms with E-state index >= 15 is 0 Å². The number of aromatic nitrogens is 3. The van der Waals surface area contributed by atoms with E-state index in [9.17, 15) is 22.8 Å². The Morgan fingerprint density at radius 2 is 2.13 bits per heavy atom. The van der Waals surface area contributed by atoms with Crippen molar-refractivity contribution in [1.29, 1.82) is 0 Å². The third kappa shape index (κ3) is 6.66. The van der Waals surface area contributed by atoms with Crippen molar-refractivity contribution in [2.24, 2.45) is 0 Å². The minimum absolute atomic E-state index is 0.0268. The highest BCUT2D eigenvalue weighted by Gasteiger charge is 2.39. The second-order valence-electron chi connectivity index (χ2n) is 8.76. The first kappa shape index (κ1) is 27.9. The van der Waals surface area contributed by atoms with Gasteiger partial charge in [0.15, 0.2) is 22.9 Å². The Balaban J connectivity index is 1.28. The number of ether oxygens (including phenoxy) is 4. The van der Waals surface area contributed by atoms with Crippen molar-refractivity contribution in [3.05, 3.63) is 39.4 Å². The molecule has 4 heterocycles. The lowest BCUT2D eigenvalue weighted by Crippen LogP contribution is -2.55. The molecule has 2 aromatic rings. The van der Waals surface area contributed by atoms with Gasteiger partial charge in [-0.05, 0) is 0 Å². The van der Waals surface area contributed by atoms with Crippen molar-refractivity contribution in [3.63, 3.8) is 0 Å². The Morgan fingerprint density at radius 1 is 1.32 bits per heavy atom. The average molecular weight is 562 g/mol. The molecule has 0 aliphatic carbocycles. The monoisotopic (exact) mass is 561 g/mol. The molecule has 208 valence electrons. The number of nitrogens with zero attached hydrogens (tertiary/aromatic N) is 4. The van der Waals surface area contributed by atoms with Gasteiger partial charge in [0.1, 0.15) is 6.10 Å². The molecule has 1 fully saturated rings. The fraction of sp³-hybridized carbons (Fsp3) is 0.565. The maximum absolute atomic E-state index is 13.3. The Labute approximate surface area is 220 Å². The molecule has 15 heteroatoms. The van der Waals surface area contributed by atoms with Crippen molar-refractivity contribution in [1.82, 2.24) is 20.1 Å². The van der Waals surface area contributed by atoms with Gasteiger partial charge in [0.05, 0.1) is 50.1 Å². The van der Waals surface area contributed by atoms with Crippen molar-refractivity contribution in [2.75, 3.05) is 58.1 Å². The number of nitrogens with one attached hydrogen (secondary N) is 1. The van der Waals surface area contributed by atoms with Crippen LogP contribution < -0.4 is 19.9 Å². The van der Waals surface area contributed by atoms with Crippen molar-refractivity contribution in [3.8, 4) is 11.5 Å². The number of piperazine rings is 1. The summed E-state index contributed by atoms with van der Waals surface area (Å²) >= 11 is 6.04. The average Bonchev–Trinajstić information content (AvgIpc) is 3.04. The number of hydrogen-bond acceptors (Lipinski definition) is 9. The summed E-state index contributed by atoms with van der Waals surface area (Å²) in [7, 11) is 1.35. The zero-order chi connectivity index (χ0) is 27.3. The number of methoxy groups -OCH3 is 1. The van der Waals surface area contributed by atoms with E-state index < -0.39 is 29.2 Å². The van der Waals surface area contributed by atoms with Crippen LogP contribution in [0.5, 0.6) is 11.5 Å². The maximum atomic E-state index is 13.3. The van der Waals surface area contributed by atoms with Gasteiger partial charge in [0.25, 0.3) is 5.56 Å². The molecule has 11 nitrogen and oxygen atoms in total. The van der Waals surface area contributed by atoms with E-state index in [0.29, 0.717) is 49.3 Å². The van der Waals surface area contributed by atoms with E-state index in [4.69, 9.17) is 30.5 Å². The lowest BCUT2D eigenvalue weighted by Gasteiger charge is -2.41. The predicted molar refractivity (Wildman–Crippen MR) is 129 cm³/mol. The smallest absolute Gasteiger partial charge is 0.425 e. The van der Waals surface area contributed by atoms with Crippen LogP contribution in [-0.4, -0.2) is 91.3 Å². The second-order valence-corrected chi connectivity index (χ2v) is 9.19. The molecule has 38 heavy (non-hydrogen) atoms. The highest BCUT2D eigenvalue weighted by Crippen LogP contribution is 2.35. The zero-order valence-electron chi connectivity index (χ0n) is 20.5. The number of carbonyl (C=O) groups excluding carboxylic acids is 1. The molecule has 2 aliphatic rings. The first-order valence-electron chi connectivity index (χ1n) is 11.9. The lowest BCUT2D eigenvalue weighted by molar-refractivity contribution is -0.141. The van der Waals surface area contributed by atoms with Gasteiger partial charge < -0.3 is 28.7 Å². The Kier molecular flexibility index (Phi) is 8.95. The van der Waals surface area contributed by atoms with Gasteiger partial charge in [0.2, 0.25) is 5.91 Å². The van der Waals surface area contributed by atoms with E-state index in [1.165, 1.54) is 7.11 Å². The Bertz CT molecular complexity index is 1180. The van der Waals surface area contributed by atoms with Gasteiger partial charge in [-0.2, -0.15) is 18.3 Å². The van der Waals surface area contributed by atoms with Crippen LogP contribution in [0.3, 0.4) is 0 Å². The number of rotatable bonds is 9. The van der Waals surface area contributed by atoms with E-state index in [1.54, 1.807) is 22.3 Å². The highest BCUT2D eigenvalue weighted by molar-refractivity contribution is 6.30. The van der Waals surface area contributed by atoms with E-state index in [2.05, 4.69) is 15.0 Å². The normalized spacial score (nSPS) is 18.2. The van der Waals surface area contributed by atoms with Crippen LogP contribution in [0.15, 0.2) is 23.3 Å².